The van der Waals surface area contributed by atoms with Gasteiger partial charge in [0.05, 0.1) is 44.5 Å². The summed E-state index contributed by atoms with van der Waals surface area (Å²) in [6.07, 6.45) is 0. The molecule has 0 heterocycles. The van der Waals surface area contributed by atoms with Crippen LogP contribution in [0.1, 0.15) is 82.9 Å². The summed E-state index contributed by atoms with van der Waals surface area (Å²) in [7, 11) is 0. The van der Waals surface area contributed by atoms with Crippen LogP contribution in [0.3, 0.4) is 0 Å². The molecule has 3 rings (SSSR count). The maximum Gasteiger partial charge on any atom is 0.337 e. The Kier molecular flexibility index (Phi) is 7.77. The number of carbonyl (C=O) groups is 8. The monoisotopic (exact) mass is 582 g/mol. The van der Waals surface area contributed by atoms with Crippen molar-refractivity contribution in [3.05, 3.63) is 80.9 Å². The summed E-state index contributed by atoms with van der Waals surface area (Å²) in [6, 6.07) is 3.59. The summed E-state index contributed by atoms with van der Waals surface area (Å²) in [5.74, 6) is -15.9. The van der Waals surface area contributed by atoms with Gasteiger partial charge in [-0.1, -0.05) is 0 Å². The summed E-state index contributed by atoms with van der Waals surface area (Å²) >= 11 is 0. The van der Waals surface area contributed by atoms with Gasteiger partial charge in [-0.25, -0.2) is 38.4 Å². The molecule has 42 heavy (non-hydrogen) atoms. The van der Waals surface area contributed by atoms with Crippen molar-refractivity contribution in [1.82, 2.24) is 0 Å². The molecule has 3 aromatic carbocycles. The molecule has 0 amide bonds. The van der Waals surface area contributed by atoms with Crippen LogP contribution in [0.25, 0.3) is 22.3 Å². The fourth-order valence-corrected chi connectivity index (χ4v) is 4.22. The highest BCUT2D eigenvalue weighted by Crippen LogP contribution is 2.42. The Balaban J connectivity index is 2.80. The van der Waals surface area contributed by atoms with Gasteiger partial charge in [-0.05, 0) is 47.5 Å². The highest BCUT2D eigenvalue weighted by atomic mass is 16.4. The molecular formula is C26H14O16. The van der Waals surface area contributed by atoms with Crippen LogP contribution in [0.15, 0.2) is 36.4 Å². The Bertz CT molecular complexity index is 1550. The molecule has 0 aliphatic heterocycles. The molecular weight excluding hydrogens is 568 g/mol. The van der Waals surface area contributed by atoms with Crippen LogP contribution in [-0.2, 0) is 0 Å². The largest absolute Gasteiger partial charge is 0.478 e. The lowest BCUT2D eigenvalue weighted by atomic mass is 9.80. The number of rotatable bonds is 10. The van der Waals surface area contributed by atoms with Gasteiger partial charge >= 0.3 is 47.8 Å². The Hall–Kier alpha value is -6.58. The first-order chi connectivity index (χ1) is 19.5. The predicted octanol–water partition coefficient (Wildman–Crippen LogP) is 2.61. The molecule has 0 aromatic heterocycles. The van der Waals surface area contributed by atoms with E-state index in [1.807, 2.05) is 0 Å². The van der Waals surface area contributed by atoms with Crippen LogP contribution in [-0.4, -0.2) is 88.6 Å². The number of carboxylic acids is 8. The first-order valence-electron chi connectivity index (χ1n) is 10.9. The number of carboxylic acid groups (broad SMARTS) is 8. The first-order valence-corrected chi connectivity index (χ1v) is 10.9. The fraction of sp³-hybridized carbons (Fsp3) is 0. The minimum Gasteiger partial charge on any atom is -0.478 e. The van der Waals surface area contributed by atoms with Crippen molar-refractivity contribution in [2.24, 2.45) is 0 Å². The van der Waals surface area contributed by atoms with Gasteiger partial charge in [0.2, 0.25) is 0 Å². The molecule has 0 unspecified atom stereocenters. The highest BCUT2D eigenvalue weighted by molar-refractivity contribution is 6.21. The molecule has 0 saturated carbocycles. The van der Waals surface area contributed by atoms with E-state index in [4.69, 9.17) is 0 Å². The Labute approximate surface area is 230 Å². The summed E-state index contributed by atoms with van der Waals surface area (Å²) in [4.78, 5) is 96.7. The van der Waals surface area contributed by atoms with Crippen molar-refractivity contribution >= 4 is 47.8 Å². The van der Waals surface area contributed by atoms with Crippen LogP contribution >= 0.6 is 0 Å². The molecule has 3 aromatic rings. The lowest BCUT2D eigenvalue weighted by Gasteiger charge is -2.21. The van der Waals surface area contributed by atoms with E-state index >= 15 is 0 Å². The molecule has 0 atom stereocenters. The molecule has 0 saturated heterocycles. The minimum absolute atomic E-state index is 0.591. The number of hydrogen-bond acceptors (Lipinski definition) is 8. The van der Waals surface area contributed by atoms with Crippen LogP contribution < -0.4 is 0 Å². The summed E-state index contributed by atoms with van der Waals surface area (Å²) in [5.41, 5.74) is -13.1. The molecule has 0 radical (unpaired) electrons. The van der Waals surface area contributed by atoms with Crippen LogP contribution in [0, 0.1) is 0 Å². The number of benzene rings is 3. The predicted molar refractivity (Wildman–Crippen MR) is 133 cm³/mol. The molecule has 0 bridgehead atoms. The van der Waals surface area contributed by atoms with Crippen molar-refractivity contribution in [3.63, 3.8) is 0 Å². The zero-order valence-electron chi connectivity index (χ0n) is 20.3. The van der Waals surface area contributed by atoms with E-state index in [1.165, 1.54) is 0 Å². The van der Waals surface area contributed by atoms with Crippen molar-refractivity contribution in [3.8, 4) is 22.3 Å². The summed E-state index contributed by atoms with van der Waals surface area (Å²) < 4.78 is 0. The molecule has 0 fully saturated rings. The van der Waals surface area contributed by atoms with Gasteiger partial charge in [0.1, 0.15) is 0 Å². The van der Waals surface area contributed by atoms with E-state index in [9.17, 15) is 79.2 Å². The van der Waals surface area contributed by atoms with E-state index in [0.717, 1.165) is 0 Å². The lowest BCUT2D eigenvalue weighted by molar-refractivity contribution is 0.0639. The van der Waals surface area contributed by atoms with Gasteiger partial charge in [-0.2, -0.15) is 0 Å². The maximum absolute atomic E-state index is 12.5. The van der Waals surface area contributed by atoms with Crippen LogP contribution in [0.4, 0.5) is 0 Å². The third-order valence-corrected chi connectivity index (χ3v) is 5.79. The second-order valence-corrected chi connectivity index (χ2v) is 8.29. The van der Waals surface area contributed by atoms with Gasteiger partial charge in [-0.15, -0.1) is 0 Å². The third kappa shape index (κ3) is 5.30. The normalized spacial score (nSPS) is 10.5. The zero-order chi connectivity index (χ0) is 31.8. The average molecular weight is 582 g/mol. The SMILES string of the molecule is O=C(O)c1cc(C(=O)O)cc(-c2c(C(=O)O)c(C(=O)O)c(-c3cc(C(=O)O)cc(C(=O)O)c3)c(C(=O)O)c2C(=O)O)c1. The Morgan fingerprint density at radius 2 is 0.500 bits per heavy atom. The second-order valence-electron chi connectivity index (χ2n) is 8.29. The van der Waals surface area contributed by atoms with Crippen LogP contribution in [0.5, 0.6) is 0 Å². The molecule has 214 valence electrons. The molecule has 8 N–H and O–H groups in total. The highest BCUT2D eigenvalue weighted by Gasteiger charge is 2.37. The number of hydrogen-bond donors (Lipinski definition) is 8. The van der Waals surface area contributed by atoms with Crippen molar-refractivity contribution < 1.29 is 79.2 Å². The molecule has 16 heteroatoms. The van der Waals surface area contributed by atoms with Gasteiger partial charge in [-0.3, -0.25) is 0 Å². The van der Waals surface area contributed by atoms with Crippen molar-refractivity contribution in [2.75, 3.05) is 0 Å². The summed E-state index contributed by atoms with van der Waals surface area (Å²) in [6.45, 7) is 0. The van der Waals surface area contributed by atoms with Crippen molar-refractivity contribution in [2.45, 2.75) is 0 Å². The molecule has 16 nitrogen and oxygen atoms in total. The Morgan fingerprint density at radius 1 is 0.310 bits per heavy atom. The lowest BCUT2D eigenvalue weighted by Crippen LogP contribution is -2.21. The quantitative estimate of drug-likeness (QED) is 0.170. The van der Waals surface area contributed by atoms with Gasteiger partial charge in [0, 0.05) is 11.1 Å². The second kappa shape index (κ2) is 10.9. The van der Waals surface area contributed by atoms with Crippen molar-refractivity contribution in [1.29, 1.82) is 0 Å². The van der Waals surface area contributed by atoms with E-state index in [-0.39, 0.29) is 0 Å². The average Bonchev–Trinajstić information content (AvgIpc) is 2.90. The topological polar surface area (TPSA) is 298 Å². The maximum atomic E-state index is 12.5. The van der Waals surface area contributed by atoms with Gasteiger partial charge in [0.25, 0.3) is 0 Å². The van der Waals surface area contributed by atoms with Gasteiger partial charge < -0.3 is 40.9 Å². The molecule has 0 spiro atoms. The molecule has 0 aliphatic carbocycles. The number of aromatic carboxylic acids is 8. The van der Waals surface area contributed by atoms with E-state index in [1.54, 1.807) is 0 Å². The zero-order valence-corrected chi connectivity index (χ0v) is 20.3. The third-order valence-electron chi connectivity index (χ3n) is 5.79. The smallest absolute Gasteiger partial charge is 0.337 e. The van der Waals surface area contributed by atoms with E-state index in [2.05, 4.69) is 0 Å². The Morgan fingerprint density at radius 3 is 0.643 bits per heavy atom. The molecule has 0 aliphatic rings. The van der Waals surface area contributed by atoms with E-state index < -0.39 is 115 Å². The van der Waals surface area contributed by atoms with E-state index in [0.29, 0.717) is 36.4 Å². The first kappa shape index (κ1) is 30.0. The fourth-order valence-electron chi connectivity index (χ4n) is 4.22. The summed E-state index contributed by atoms with van der Waals surface area (Å²) in [5, 5.41) is 78.0. The standard InChI is InChI=1S/C26H14O16/c27-19(28)9-1-7(2-10(5-9)20(29)30)13-15(23(35)36)17(25(39)40)14(18(26(41)42)16(13)24(37)38)8-3-11(21(31)32)6-12(4-8)22(33)34/h1-6H,(H,27,28)(H,29,30)(H,31,32)(H,33,34)(H,35,36)(H,37,38)(H,39,40)(H,41,42). The van der Waals surface area contributed by atoms with Gasteiger partial charge in [0.15, 0.2) is 0 Å². The minimum atomic E-state index is -2.20. The van der Waals surface area contributed by atoms with Crippen LogP contribution in [0.2, 0.25) is 0 Å².